The molecule has 0 spiro atoms. The molecular weight excluding hydrogens is 155 g/mol. The molecule has 1 radical (unpaired) electrons. The predicted molar refractivity (Wildman–Crippen MR) is 36.2 cm³/mol. The van der Waals surface area contributed by atoms with Gasteiger partial charge >= 0.3 is 0 Å². The van der Waals surface area contributed by atoms with Crippen LogP contribution in [0.15, 0.2) is 18.2 Å². The van der Waals surface area contributed by atoms with Crippen LogP contribution in [0.2, 0.25) is 5.02 Å². The highest BCUT2D eigenvalue weighted by molar-refractivity contribution is 6.31. The maximum Gasteiger partial charge on any atom is 0.233 e. The quantitative estimate of drug-likeness (QED) is 0.609. The summed E-state index contributed by atoms with van der Waals surface area (Å²) in [5, 5.41) is -0.0548. The molecule has 51 valence electrons. The van der Waals surface area contributed by atoms with Crippen LogP contribution in [0.5, 0.6) is 0 Å². The zero-order chi connectivity index (χ0) is 7.56. The Balaban J connectivity index is 3.16. The van der Waals surface area contributed by atoms with Crippen LogP contribution in [0.1, 0.15) is 5.56 Å². The minimum absolute atomic E-state index is 0.0548. The molecule has 3 heteroatoms. The summed E-state index contributed by atoms with van der Waals surface area (Å²) in [6.45, 7) is 0. The van der Waals surface area contributed by atoms with Gasteiger partial charge in [0.05, 0.1) is 5.02 Å². The number of hydrogen-bond donors (Lipinski definition) is 0. The number of rotatable bonds is 1. The summed E-state index contributed by atoms with van der Waals surface area (Å²) in [5.74, 6) is -0.527. The van der Waals surface area contributed by atoms with E-state index in [1.807, 2.05) is 0 Å². The Hall–Kier alpha value is -0.890. The van der Waals surface area contributed by atoms with Gasteiger partial charge in [-0.3, -0.25) is 4.79 Å². The van der Waals surface area contributed by atoms with E-state index in [0.717, 1.165) is 6.07 Å². The molecule has 0 heterocycles. The van der Waals surface area contributed by atoms with Crippen molar-refractivity contribution in [2.45, 2.75) is 0 Å². The van der Waals surface area contributed by atoms with Gasteiger partial charge in [0, 0.05) is 5.56 Å². The lowest BCUT2D eigenvalue weighted by Gasteiger charge is -1.91. The van der Waals surface area contributed by atoms with Gasteiger partial charge in [0.1, 0.15) is 5.82 Å². The molecule has 0 aliphatic heterocycles. The fourth-order valence-electron chi connectivity index (χ4n) is 0.560. The summed E-state index contributed by atoms with van der Waals surface area (Å²) in [6.07, 6.45) is 1.59. The van der Waals surface area contributed by atoms with E-state index in [9.17, 15) is 9.18 Å². The third kappa shape index (κ3) is 1.33. The summed E-state index contributed by atoms with van der Waals surface area (Å²) in [6, 6.07) is 3.67. The monoisotopic (exact) mass is 157 g/mol. The lowest BCUT2D eigenvalue weighted by molar-refractivity contribution is 0.562. The first kappa shape index (κ1) is 7.22. The van der Waals surface area contributed by atoms with Gasteiger partial charge in [0.25, 0.3) is 0 Å². The topological polar surface area (TPSA) is 17.1 Å². The van der Waals surface area contributed by atoms with Crippen molar-refractivity contribution in [1.29, 1.82) is 0 Å². The van der Waals surface area contributed by atoms with Crippen LogP contribution in [-0.4, -0.2) is 6.29 Å². The average molecular weight is 158 g/mol. The van der Waals surface area contributed by atoms with Gasteiger partial charge < -0.3 is 0 Å². The molecule has 10 heavy (non-hydrogen) atoms. The van der Waals surface area contributed by atoms with Crippen LogP contribution >= 0.6 is 11.6 Å². The van der Waals surface area contributed by atoms with Crippen molar-refractivity contribution in [3.05, 3.63) is 34.6 Å². The normalized spacial score (nSPS) is 9.40. The second-order valence-corrected chi connectivity index (χ2v) is 2.14. The molecule has 0 aliphatic rings. The van der Waals surface area contributed by atoms with Crippen molar-refractivity contribution < 1.29 is 9.18 Å². The van der Waals surface area contributed by atoms with Gasteiger partial charge in [0.2, 0.25) is 6.29 Å². The maximum atomic E-state index is 12.4. The third-order valence-corrected chi connectivity index (χ3v) is 1.33. The first-order valence-corrected chi connectivity index (χ1v) is 2.95. The molecule has 0 bridgehead atoms. The first-order valence-electron chi connectivity index (χ1n) is 2.57. The summed E-state index contributed by atoms with van der Waals surface area (Å²) < 4.78 is 12.4. The van der Waals surface area contributed by atoms with E-state index in [2.05, 4.69) is 0 Å². The second kappa shape index (κ2) is 2.80. The molecule has 0 fully saturated rings. The Morgan fingerprint density at radius 1 is 1.50 bits per heavy atom. The van der Waals surface area contributed by atoms with Gasteiger partial charge in [-0.05, 0) is 18.2 Å². The predicted octanol–water partition coefficient (Wildman–Crippen LogP) is 1.94. The molecular formula is C7H3ClFO. The fourth-order valence-corrected chi connectivity index (χ4v) is 0.740. The van der Waals surface area contributed by atoms with E-state index < -0.39 is 5.82 Å². The van der Waals surface area contributed by atoms with Crippen molar-refractivity contribution in [2.75, 3.05) is 0 Å². The van der Waals surface area contributed by atoms with Crippen molar-refractivity contribution >= 4 is 17.9 Å². The Bertz CT molecular complexity index is 260. The van der Waals surface area contributed by atoms with E-state index in [0.29, 0.717) is 0 Å². The fraction of sp³-hybridized carbons (Fsp3) is 0. The number of carbonyl (C=O) groups excluding carboxylic acids is 1. The van der Waals surface area contributed by atoms with Gasteiger partial charge in [0.15, 0.2) is 0 Å². The van der Waals surface area contributed by atoms with Crippen molar-refractivity contribution in [2.24, 2.45) is 0 Å². The minimum Gasteiger partial charge on any atom is -0.285 e. The highest BCUT2D eigenvalue weighted by atomic mass is 35.5. The first-order chi connectivity index (χ1) is 4.74. The lowest BCUT2D eigenvalue weighted by atomic mass is 10.2. The van der Waals surface area contributed by atoms with Crippen LogP contribution in [0, 0.1) is 5.82 Å². The summed E-state index contributed by atoms with van der Waals surface area (Å²) >= 11 is 5.34. The van der Waals surface area contributed by atoms with Crippen LogP contribution < -0.4 is 0 Å². The Morgan fingerprint density at radius 3 is 2.70 bits per heavy atom. The molecule has 0 aliphatic carbocycles. The molecule has 0 unspecified atom stereocenters. The van der Waals surface area contributed by atoms with Gasteiger partial charge in [-0.1, -0.05) is 11.6 Å². The standard InChI is InChI=1S/C7H3ClFO/c8-6-3-5(4-10)1-2-7(6)9/h1-3H. The van der Waals surface area contributed by atoms with Gasteiger partial charge in [-0.2, -0.15) is 0 Å². The third-order valence-electron chi connectivity index (χ3n) is 1.04. The van der Waals surface area contributed by atoms with E-state index >= 15 is 0 Å². The molecule has 1 aromatic rings. The second-order valence-electron chi connectivity index (χ2n) is 1.73. The minimum atomic E-state index is -0.527. The van der Waals surface area contributed by atoms with Crippen LogP contribution in [0.3, 0.4) is 0 Å². The molecule has 0 saturated heterocycles. The zero-order valence-corrected chi connectivity index (χ0v) is 5.65. The SMILES string of the molecule is O=[C]c1ccc(F)c(Cl)c1. The lowest BCUT2D eigenvalue weighted by Crippen LogP contribution is -1.81. The van der Waals surface area contributed by atoms with E-state index in [-0.39, 0.29) is 10.6 Å². The maximum absolute atomic E-state index is 12.4. The Morgan fingerprint density at radius 2 is 2.20 bits per heavy atom. The number of halogens is 2. The van der Waals surface area contributed by atoms with Crippen LogP contribution in [-0.2, 0) is 4.79 Å². The van der Waals surface area contributed by atoms with Crippen LogP contribution in [0.4, 0.5) is 4.39 Å². The molecule has 0 aromatic heterocycles. The highest BCUT2D eigenvalue weighted by Gasteiger charge is 1.98. The summed E-state index contributed by atoms with van der Waals surface area (Å²) in [4.78, 5) is 9.96. The molecule has 1 nitrogen and oxygen atoms in total. The molecule has 0 N–H and O–H groups in total. The van der Waals surface area contributed by atoms with Crippen molar-refractivity contribution in [1.82, 2.24) is 0 Å². The van der Waals surface area contributed by atoms with Crippen molar-refractivity contribution in [3.8, 4) is 0 Å². The summed E-state index contributed by atoms with van der Waals surface area (Å²) in [7, 11) is 0. The van der Waals surface area contributed by atoms with Gasteiger partial charge in [-0.15, -0.1) is 0 Å². The average Bonchev–Trinajstić information content (AvgIpc) is 1.95. The molecule has 1 aromatic carbocycles. The van der Waals surface area contributed by atoms with Crippen molar-refractivity contribution in [3.63, 3.8) is 0 Å². The molecule has 0 amide bonds. The molecule has 1 rings (SSSR count). The van der Waals surface area contributed by atoms with Gasteiger partial charge in [-0.25, -0.2) is 4.39 Å². The van der Waals surface area contributed by atoms with Crippen LogP contribution in [0.25, 0.3) is 0 Å². The largest absolute Gasteiger partial charge is 0.285 e. The number of benzene rings is 1. The highest BCUT2D eigenvalue weighted by Crippen LogP contribution is 2.14. The summed E-state index contributed by atoms with van der Waals surface area (Å²) in [5.41, 5.74) is 0.256. The zero-order valence-electron chi connectivity index (χ0n) is 4.90. The Kier molecular flexibility index (Phi) is 2.02. The van der Waals surface area contributed by atoms with E-state index in [4.69, 9.17) is 11.6 Å². The van der Waals surface area contributed by atoms with E-state index in [1.54, 1.807) is 6.29 Å². The molecule has 0 saturated carbocycles. The smallest absolute Gasteiger partial charge is 0.233 e. The Labute approximate surface area is 62.4 Å². The van der Waals surface area contributed by atoms with E-state index in [1.165, 1.54) is 12.1 Å². The molecule has 0 atom stereocenters. The number of hydrogen-bond acceptors (Lipinski definition) is 1.